The third-order valence-corrected chi connectivity index (χ3v) is 4.81. The molecule has 0 bridgehead atoms. The molecule has 2 aromatic heterocycles. The molecule has 3 aromatic rings. The summed E-state index contributed by atoms with van der Waals surface area (Å²) in [6.45, 7) is 1.30. The van der Waals surface area contributed by atoms with Gasteiger partial charge in [0.15, 0.2) is 0 Å². The highest BCUT2D eigenvalue weighted by molar-refractivity contribution is 6.30. The quantitative estimate of drug-likeness (QED) is 0.765. The molecule has 6 nitrogen and oxygen atoms in total. The maximum absolute atomic E-state index is 12.8. The van der Waals surface area contributed by atoms with Crippen molar-refractivity contribution in [3.05, 3.63) is 53.4 Å². The summed E-state index contributed by atoms with van der Waals surface area (Å²) in [7, 11) is 0. The maximum atomic E-state index is 12.8. The molecule has 1 amide bonds. The van der Waals surface area contributed by atoms with Crippen molar-refractivity contribution in [2.45, 2.75) is 25.4 Å². The summed E-state index contributed by atoms with van der Waals surface area (Å²) in [4.78, 5) is 26.0. The van der Waals surface area contributed by atoms with Gasteiger partial charge in [-0.05, 0) is 24.5 Å². The van der Waals surface area contributed by atoms with Crippen LogP contribution >= 0.6 is 11.6 Å². The fourth-order valence-electron chi connectivity index (χ4n) is 3.32. The Morgan fingerprint density at radius 1 is 1.31 bits per heavy atom. The molecule has 1 aliphatic heterocycles. The van der Waals surface area contributed by atoms with Gasteiger partial charge < -0.3 is 14.6 Å². The number of piperidine rings is 1. The van der Waals surface area contributed by atoms with Gasteiger partial charge >= 0.3 is 6.01 Å². The number of aromatic amines is 1. The molecule has 7 heteroatoms. The average molecular weight is 371 g/mol. The first-order valence-corrected chi connectivity index (χ1v) is 9.04. The smallest absolute Gasteiger partial charge is 0.316 e. The number of hydrogen-bond acceptors (Lipinski definition) is 4. The molecular formula is C19H19ClN4O2. The zero-order valence-corrected chi connectivity index (χ0v) is 14.9. The number of carbonyl (C=O) groups excluding carboxylic acids is 1. The van der Waals surface area contributed by atoms with E-state index in [1.165, 1.54) is 12.4 Å². The van der Waals surface area contributed by atoms with E-state index in [4.69, 9.17) is 16.3 Å². The van der Waals surface area contributed by atoms with Crippen LogP contribution in [-0.4, -0.2) is 45.0 Å². The van der Waals surface area contributed by atoms with E-state index in [1.807, 2.05) is 35.4 Å². The van der Waals surface area contributed by atoms with Gasteiger partial charge in [0.25, 0.3) is 0 Å². The van der Waals surface area contributed by atoms with Crippen molar-refractivity contribution in [2.24, 2.45) is 0 Å². The first kappa shape index (κ1) is 16.8. The minimum absolute atomic E-state index is 0.100. The number of benzene rings is 1. The van der Waals surface area contributed by atoms with Crippen molar-refractivity contribution < 1.29 is 9.53 Å². The molecule has 1 N–H and O–H groups in total. The van der Waals surface area contributed by atoms with Gasteiger partial charge in [0.1, 0.15) is 6.10 Å². The molecule has 4 rings (SSSR count). The summed E-state index contributed by atoms with van der Waals surface area (Å²) in [6.07, 6.45) is 6.99. The number of ether oxygens (including phenoxy) is 1. The van der Waals surface area contributed by atoms with Crippen LogP contribution in [0.1, 0.15) is 18.4 Å². The normalized spacial score (nSPS) is 17.4. The first-order valence-electron chi connectivity index (χ1n) is 8.66. The van der Waals surface area contributed by atoms with Gasteiger partial charge in [0.2, 0.25) is 5.91 Å². The van der Waals surface area contributed by atoms with E-state index >= 15 is 0 Å². The average Bonchev–Trinajstić information content (AvgIpc) is 3.07. The maximum Gasteiger partial charge on any atom is 0.316 e. The third-order valence-electron chi connectivity index (χ3n) is 4.62. The Morgan fingerprint density at radius 2 is 2.12 bits per heavy atom. The SMILES string of the molecule is O=C(Cc1c[nH]c2ccccc12)N1CCCC(Oc2ncc(Cl)cn2)C1. The van der Waals surface area contributed by atoms with Crippen LogP contribution in [0.15, 0.2) is 42.9 Å². The Kier molecular flexibility index (Phi) is 4.75. The molecule has 1 unspecified atom stereocenters. The summed E-state index contributed by atoms with van der Waals surface area (Å²) in [5, 5.41) is 1.57. The van der Waals surface area contributed by atoms with E-state index in [9.17, 15) is 4.79 Å². The van der Waals surface area contributed by atoms with Gasteiger partial charge in [-0.25, -0.2) is 9.97 Å². The molecule has 3 heterocycles. The van der Waals surface area contributed by atoms with Crippen LogP contribution in [0.3, 0.4) is 0 Å². The van der Waals surface area contributed by atoms with E-state index in [1.54, 1.807) is 0 Å². The number of likely N-dealkylation sites (tertiary alicyclic amines) is 1. The molecule has 0 spiro atoms. The number of hydrogen-bond donors (Lipinski definition) is 1. The molecule has 0 saturated carbocycles. The Balaban J connectivity index is 1.40. The summed E-state index contributed by atoms with van der Waals surface area (Å²) < 4.78 is 5.82. The van der Waals surface area contributed by atoms with Gasteiger partial charge in [-0.2, -0.15) is 0 Å². The molecule has 1 atom stereocenters. The van der Waals surface area contributed by atoms with Crippen molar-refractivity contribution in [1.82, 2.24) is 19.9 Å². The van der Waals surface area contributed by atoms with E-state index in [2.05, 4.69) is 15.0 Å². The van der Waals surface area contributed by atoms with Crippen LogP contribution < -0.4 is 4.74 Å². The number of para-hydroxylation sites is 1. The van der Waals surface area contributed by atoms with Crippen molar-refractivity contribution in [3.63, 3.8) is 0 Å². The number of fused-ring (bicyclic) bond motifs is 1. The zero-order chi connectivity index (χ0) is 17.9. The second kappa shape index (κ2) is 7.33. The summed E-state index contributed by atoms with van der Waals surface area (Å²) in [5.74, 6) is 0.111. The fraction of sp³-hybridized carbons (Fsp3) is 0.316. The van der Waals surface area contributed by atoms with Gasteiger partial charge in [0.05, 0.1) is 30.4 Å². The Morgan fingerprint density at radius 3 is 2.96 bits per heavy atom. The van der Waals surface area contributed by atoms with Crippen LogP contribution in [0.25, 0.3) is 10.9 Å². The molecule has 0 aliphatic carbocycles. The van der Waals surface area contributed by atoms with Crippen LogP contribution in [-0.2, 0) is 11.2 Å². The molecule has 26 heavy (non-hydrogen) atoms. The molecule has 0 radical (unpaired) electrons. The minimum atomic E-state index is -0.100. The molecule has 1 fully saturated rings. The Bertz CT molecular complexity index is 909. The lowest BCUT2D eigenvalue weighted by Gasteiger charge is -2.32. The lowest BCUT2D eigenvalue weighted by Crippen LogP contribution is -2.45. The molecule has 1 saturated heterocycles. The number of halogens is 1. The minimum Gasteiger partial charge on any atom is -0.458 e. The lowest BCUT2D eigenvalue weighted by atomic mass is 10.1. The zero-order valence-electron chi connectivity index (χ0n) is 14.2. The van der Waals surface area contributed by atoms with Crippen molar-refractivity contribution in [1.29, 1.82) is 0 Å². The Hall–Kier alpha value is -2.60. The fourth-order valence-corrected chi connectivity index (χ4v) is 3.42. The third kappa shape index (κ3) is 3.65. The number of nitrogens with one attached hydrogen (secondary N) is 1. The lowest BCUT2D eigenvalue weighted by molar-refractivity contribution is -0.133. The monoisotopic (exact) mass is 370 g/mol. The molecular weight excluding hydrogens is 352 g/mol. The van der Waals surface area contributed by atoms with E-state index in [0.717, 1.165) is 35.9 Å². The molecule has 1 aliphatic rings. The number of carbonyl (C=O) groups is 1. The second-order valence-electron chi connectivity index (χ2n) is 6.44. The van der Waals surface area contributed by atoms with E-state index in [-0.39, 0.29) is 12.0 Å². The summed E-state index contributed by atoms with van der Waals surface area (Å²) in [6, 6.07) is 8.32. The summed E-state index contributed by atoms with van der Waals surface area (Å²) >= 11 is 5.79. The highest BCUT2D eigenvalue weighted by Crippen LogP contribution is 2.21. The first-order chi connectivity index (χ1) is 12.7. The summed E-state index contributed by atoms with van der Waals surface area (Å²) in [5.41, 5.74) is 2.07. The number of rotatable bonds is 4. The van der Waals surface area contributed by atoms with E-state index < -0.39 is 0 Å². The van der Waals surface area contributed by atoms with Crippen molar-refractivity contribution in [2.75, 3.05) is 13.1 Å². The van der Waals surface area contributed by atoms with Gasteiger partial charge in [-0.15, -0.1) is 0 Å². The van der Waals surface area contributed by atoms with Gasteiger partial charge in [-0.3, -0.25) is 4.79 Å². The standard InChI is InChI=1S/C19H19ClN4O2/c20-14-10-22-19(23-11-14)26-15-4-3-7-24(12-15)18(25)8-13-9-21-17-6-2-1-5-16(13)17/h1-2,5-6,9-11,15,21H,3-4,7-8,12H2. The van der Waals surface area contributed by atoms with Crippen LogP contribution in [0.5, 0.6) is 6.01 Å². The van der Waals surface area contributed by atoms with Crippen molar-refractivity contribution >= 4 is 28.4 Å². The number of H-pyrrole nitrogens is 1. The molecule has 1 aromatic carbocycles. The number of aromatic nitrogens is 3. The topological polar surface area (TPSA) is 71.1 Å². The van der Waals surface area contributed by atoms with Gasteiger partial charge in [-0.1, -0.05) is 29.8 Å². The second-order valence-corrected chi connectivity index (χ2v) is 6.88. The van der Waals surface area contributed by atoms with Crippen LogP contribution in [0, 0.1) is 0 Å². The van der Waals surface area contributed by atoms with Crippen LogP contribution in [0.4, 0.5) is 0 Å². The van der Waals surface area contributed by atoms with E-state index in [0.29, 0.717) is 24.0 Å². The largest absolute Gasteiger partial charge is 0.458 e. The van der Waals surface area contributed by atoms with Crippen LogP contribution in [0.2, 0.25) is 5.02 Å². The highest BCUT2D eigenvalue weighted by atomic mass is 35.5. The highest BCUT2D eigenvalue weighted by Gasteiger charge is 2.26. The molecule has 134 valence electrons. The van der Waals surface area contributed by atoms with Crippen molar-refractivity contribution in [3.8, 4) is 6.01 Å². The number of amides is 1. The Labute approximate surface area is 156 Å². The predicted molar refractivity (Wildman–Crippen MR) is 99.3 cm³/mol. The number of nitrogens with zero attached hydrogens (tertiary/aromatic N) is 3. The van der Waals surface area contributed by atoms with Gasteiger partial charge in [0, 0.05) is 23.6 Å². The predicted octanol–water partition coefficient (Wildman–Crippen LogP) is 3.22.